The highest BCUT2D eigenvalue weighted by atomic mass is 32.2. The zero-order valence-electron chi connectivity index (χ0n) is 15.1. The van der Waals surface area contributed by atoms with Crippen LogP contribution in [0.1, 0.15) is 15.9 Å². The van der Waals surface area contributed by atoms with Crippen molar-refractivity contribution >= 4 is 16.0 Å². The molecule has 0 atom stereocenters. The quantitative estimate of drug-likeness (QED) is 0.555. The number of sulfonamides is 1. The van der Waals surface area contributed by atoms with E-state index < -0.39 is 16.0 Å². The molecule has 3 rings (SSSR count). The maximum Gasteiger partial charge on any atom is 0.343 e. The molecule has 0 bridgehead atoms. The number of methoxy groups -OCH3 is 1. The third-order valence-corrected chi connectivity index (χ3v) is 6.11. The minimum absolute atomic E-state index is 0.0990. The van der Waals surface area contributed by atoms with E-state index in [1.807, 2.05) is 6.07 Å². The van der Waals surface area contributed by atoms with Gasteiger partial charge in [-0.3, -0.25) is 0 Å². The highest BCUT2D eigenvalue weighted by Gasteiger charge is 2.26. The van der Waals surface area contributed by atoms with E-state index in [2.05, 4.69) is 0 Å². The van der Waals surface area contributed by atoms with Gasteiger partial charge in [-0.2, -0.15) is 9.57 Å². The van der Waals surface area contributed by atoms with E-state index in [1.165, 1.54) is 53.9 Å². The van der Waals surface area contributed by atoms with Gasteiger partial charge >= 0.3 is 5.97 Å². The summed E-state index contributed by atoms with van der Waals surface area (Å²) in [6.07, 6.45) is 0. The molecule has 0 aromatic heterocycles. The van der Waals surface area contributed by atoms with Gasteiger partial charge in [-0.25, -0.2) is 13.2 Å². The van der Waals surface area contributed by atoms with Crippen LogP contribution < -0.4 is 9.47 Å². The normalized spacial score (nSPS) is 14.9. The molecular formula is C19H18N2O6S. The maximum absolute atomic E-state index is 12.6. The van der Waals surface area contributed by atoms with E-state index in [-0.39, 0.29) is 22.0 Å². The standard InChI is InChI=1S/C19H18N2O6S/c1-25-18-12-14(13-20)2-7-17(18)27-19(22)15-3-5-16(6-4-15)28(23,24)21-8-10-26-11-9-21/h2-7,12H,8-11H2,1H3. The number of hydrogen-bond acceptors (Lipinski definition) is 7. The van der Waals surface area contributed by atoms with E-state index in [9.17, 15) is 13.2 Å². The number of carbonyl (C=O) groups is 1. The molecule has 9 heteroatoms. The molecule has 0 N–H and O–H groups in total. The molecule has 1 saturated heterocycles. The predicted molar refractivity (Wildman–Crippen MR) is 98.7 cm³/mol. The summed E-state index contributed by atoms with van der Waals surface area (Å²) in [6, 6.07) is 11.9. The van der Waals surface area contributed by atoms with Gasteiger partial charge in [-0.15, -0.1) is 0 Å². The van der Waals surface area contributed by atoms with Crippen LogP contribution in [0.2, 0.25) is 0 Å². The molecule has 2 aromatic carbocycles. The fourth-order valence-corrected chi connectivity index (χ4v) is 4.09. The second-order valence-electron chi connectivity index (χ2n) is 5.91. The van der Waals surface area contributed by atoms with Crippen molar-refractivity contribution in [2.45, 2.75) is 4.90 Å². The van der Waals surface area contributed by atoms with E-state index in [4.69, 9.17) is 19.5 Å². The van der Waals surface area contributed by atoms with Crippen LogP contribution in [0.3, 0.4) is 0 Å². The lowest BCUT2D eigenvalue weighted by molar-refractivity contribution is 0.0729. The summed E-state index contributed by atoms with van der Waals surface area (Å²) >= 11 is 0. The van der Waals surface area contributed by atoms with Gasteiger partial charge in [0.25, 0.3) is 0 Å². The van der Waals surface area contributed by atoms with Crippen molar-refractivity contribution in [3.63, 3.8) is 0 Å². The first-order chi connectivity index (χ1) is 13.5. The molecular weight excluding hydrogens is 384 g/mol. The van der Waals surface area contributed by atoms with Crippen molar-refractivity contribution in [2.24, 2.45) is 0 Å². The number of rotatable bonds is 5. The molecule has 1 aliphatic rings. The van der Waals surface area contributed by atoms with Crippen LogP contribution in [0.25, 0.3) is 0 Å². The van der Waals surface area contributed by atoms with Gasteiger partial charge in [0.2, 0.25) is 10.0 Å². The Morgan fingerprint density at radius 3 is 2.39 bits per heavy atom. The largest absolute Gasteiger partial charge is 0.493 e. The van der Waals surface area contributed by atoms with Crippen LogP contribution in [0.5, 0.6) is 11.5 Å². The average Bonchev–Trinajstić information content (AvgIpc) is 2.74. The minimum Gasteiger partial charge on any atom is -0.493 e. The first-order valence-electron chi connectivity index (χ1n) is 8.44. The number of esters is 1. The van der Waals surface area contributed by atoms with Crippen molar-refractivity contribution in [3.8, 4) is 17.6 Å². The van der Waals surface area contributed by atoms with Crippen LogP contribution in [0.15, 0.2) is 47.4 Å². The Morgan fingerprint density at radius 1 is 1.11 bits per heavy atom. The van der Waals surface area contributed by atoms with Crippen molar-refractivity contribution in [1.29, 1.82) is 5.26 Å². The first kappa shape index (κ1) is 19.8. The molecule has 0 unspecified atom stereocenters. The zero-order chi connectivity index (χ0) is 20.1. The van der Waals surface area contributed by atoms with Gasteiger partial charge in [-0.1, -0.05) is 0 Å². The monoisotopic (exact) mass is 402 g/mol. The summed E-state index contributed by atoms with van der Waals surface area (Å²) < 4.78 is 42.2. The molecule has 0 amide bonds. The van der Waals surface area contributed by atoms with Gasteiger partial charge in [-0.05, 0) is 36.4 Å². The summed E-state index contributed by atoms with van der Waals surface area (Å²) in [7, 11) is -2.23. The third-order valence-electron chi connectivity index (χ3n) is 4.19. The van der Waals surface area contributed by atoms with E-state index >= 15 is 0 Å². The lowest BCUT2D eigenvalue weighted by atomic mass is 10.2. The third kappa shape index (κ3) is 4.14. The Hall–Kier alpha value is -2.93. The highest BCUT2D eigenvalue weighted by molar-refractivity contribution is 7.89. The van der Waals surface area contributed by atoms with Crippen LogP contribution in [-0.2, 0) is 14.8 Å². The van der Waals surface area contributed by atoms with E-state index in [0.717, 1.165) is 0 Å². The van der Waals surface area contributed by atoms with Crippen LogP contribution in [0, 0.1) is 11.3 Å². The Kier molecular flexibility index (Phi) is 5.94. The van der Waals surface area contributed by atoms with E-state index in [1.54, 1.807) is 0 Å². The molecule has 1 heterocycles. The SMILES string of the molecule is COc1cc(C#N)ccc1OC(=O)c1ccc(S(=O)(=O)N2CCOCC2)cc1. The molecule has 28 heavy (non-hydrogen) atoms. The Balaban J connectivity index is 1.76. The zero-order valence-corrected chi connectivity index (χ0v) is 15.9. The van der Waals surface area contributed by atoms with Crippen molar-refractivity contribution < 1.29 is 27.4 Å². The average molecular weight is 402 g/mol. The Bertz CT molecular complexity index is 1010. The van der Waals surface area contributed by atoms with E-state index in [0.29, 0.717) is 31.9 Å². The Labute approximate surface area is 162 Å². The van der Waals surface area contributed by atoms with Gasteiger partial charge in [0.05, 0.1) is 42.4 Å². The van der Waals surface area contributed by atoms with Crippen LogP contribution in [-0.4, -0.2) is 52.1 Å². The van der Waals surface area contributed by atoms with Crippen molar-refractivity contribution in [1.82, 2.24) is 4.31 Å². The fourth-order valence-electron chi connectivity index (χ4n) is 2.68. The van der Waals surface area contributed by atoms with Crippen molar-refractivity contribution in [2.75, 3.05) is 33.4 Å². The first-order valence-corrected chi connectivity index (χ1v) is 9.88. The summed E-state index contributed by atoms with van der Waals surface area (Å²) in [4.78, 5) is 12.5. The number of nitriles is 1. The molecule has 0 saturated carbocycles. The molecule has 146 valence electrons. The van der Waals surface area contributed by atoms with Gasteiger partial charge in [0.15, 0.2) is 11.5 Å². The minimum atomic E-state index is -3.63. The summed E-state index contributed by atoms with van der Waals surface area (Å²) in [5.41, 5.74) is 0.557. The summed E-state index contributed by atoms with van der Waals surface area (Å²) in [5, 5.41) is 8.92. The number of carbonyl (C=O) groups excluding carboxylic acids is 1. The molecule has 2 aromatic rings. The van der Waals surface area contributed by atoms with Crippen LogP contribution in [0.4, 0.5) is 0 Å². The van der Waals surface area contributed by atoms with Gasteiger partial charge in [0.1, 0.15) is 0 Å². The molecule has 1 fully saturated rings. The Morgan fingerprint density at radius 2 is 1.79 bits per heavy atom. The summed E-state index contributed by atoms with van der Waals surface area (Å²) in [5.74, 6) is -0.256. The molecule has 1 aliphatic heterocycles. The second kappa shape index (κ2) is 8.39. The highest BCUT2D eigenvalue weighted by Crippen LogP contribution is 2.28. The molecule has 0 radical (unpaired) electrons. The number of hydrogen-bond donors (Lipinski definition) is 0. The summed E-state index contributed by atoms with van der Waals surface area (Å²) in [6.45, 7) is 1.31. The van der Waals surface area contributed by atoms with Gasteiger partial charge in [0, 0.05) is 19.2 Å². The maximum atomic E-state index is 12.6. The second-order valence-corrected chi connectivity index (χ2v) is 7.85. The van der Waals surface area contributed by atoms with Crippen molar-refractivity contribution in [3.05, 3.63) is 53.6 Å². The molecule has 0 aliphatic carbocycles. The fraction of sp³-hybridized carbons (Fsp3) is 0.263. The lowest BCUT2D eigenvalue weighted by Gasteiger charge is -2.26. The topological polar surface area (TPSA) is 106 Å². The van der Waals surface area contributed by atoms with Gasteiger partial charge < -0.3 is 14.2 Å². The smallest absolute Gasteiger partial charge is 0.343 e. The number of nitrogens with zero attached hydrogens (tertiary/aromatic N) is 2. The number of morpholine rings is 1. The number of ether oxygens (including phenoxy) is 3. The number of benzene rings is 2. The van der Waals surface area contributed by atoms with Crippen LogP contribution >= 0.6 is 0 Å². The molecule has 8 nitrogen and oxygen atoms in total. The molecule has 0 spiro atoms. The predicted octanol–water partition coefficient (Wildman–Crippen LogP) is 1.81. The lowest BCUT2D eigenvalue weighted by Crippen LogP contribution is -2.40.